The van der Waals surface area contributed by atoms with E-state index in [1.165, 1.54) is 0 Å². The summed E-state index contributed by atoms with van der Waals surface area (Å²) in [6, 6.07) is 0. The molecule has 8 nitrogen and oxygen atoms in total. The summed E-state index contributed by atoms with van der Waals surface area (Å²) in [5.74, 6) is 0. The van der Waals surface area contributed by atoms with E-state index in [0.717, 1.165) is 0 Å². The van der Waals surface area contributed by atoms with Gasteiger partial charge in [0.2, 0.25) is 0 Å². The van der Waals surface area contributed by atoms with E-state index >= 15 is 0 Å². The molecule has 0 amide bonds. The minimum Gasteiger partial charge on any atom is 2.00 e. The van der Waals surface area contributed by atoms with E-state index in [0.29, 0.717) is 0 Å². The van der Waals surface area contributed by atoms with Crippen LogP contribution in [0.5, 0.6) is 0 Å². The minimum atomic E-state index is -6.10. The van der Waals surface area contributed by atoms with Gasteiger partial charge >= 0.3 is 138 Å². The second-order valence-electron chi connectivity index (χ2n) is 0.894. The summed E-state index contributed by atoms with van der Waals surface area (Å²) in [6.07, 6.45) is 0. The third kappa shape index (κ3) is 243. The van der Waals surface area contributed by atoms with E-state index in [9.17, 15) is 0 Å². The molecular formula is MnO8Pb2Sb2. The maximum Gasteiger partial charge on any atom is 2.00 e. The SMILES string of the molecule is [Mn+2].[O]=[Sb]([O-])([O-])[O-].[O]=[Sb]([O-])([O-])[O-].[Pb+2].[Pb+2]. The number of hydrogen-bond donors (Lipinski definition) is 0. The first-order valence-corrected chi connectivity index (χ1v) is 9.80. The Balaban J connectivity index is -0.0000000267. The maximum atomic E-state index is 8.64. The average molecular weight is 841 g/mol. The van der Waals surface area contributed by atoms with Crippen LogP contribution in [0, 0.1) is 0 Å². The molecule has 73 valence electrons. The van der Waals surface area contributed by atoms with Crippen LogP contribution in [0.1, 0.15) is 0 Å². The van der Waals surface area contributed by atoms with Crippen molar-refractivity contribution in [2.75, 3.05) is 0 Å². The van der Waals surface area contributed by atoms with Crippen molar-refractivity contribution < 1.29 is 43.4 Å². The molecule has 13 heavy (non-hydrogen) atoms. The fourth-order valence-corrected chi connectivity index (χ4v) is 0. The Morgan fingerprint density at radius 1 is 0.615 bits per heavy atom. The molecule has 13 heteroatoms. The van der Waals surface area contributed by atoms with Crippen molar-refractivity contribution in [2.24, 2.45) is 0 Å². The zero-order valence-corrected chi connectivity index (χ0v) is 19.6. The van der Waals surface area contributed by atoms with Gasteiger partial charge in [-0.05, 0) is 0 Å². The molecule has 0 rings (SSSR count). The molecule has 0 unspecified atom stereocenters. The van der Waals surface area contributed by atoms with Crippen LogP contribution in [0.25, 0.3) is 0 Å². The van der Waals surface area contributed by atoms with E-state index < -0.39 is 40.1 Å². The largest absolute Gasteiger partial charge is 2.00 e. The van der Waals surface area contributed by atoms with Crippen molar-refractivity contribution in [3.63, 3.8) is 0 Å². The maximum absolute atomic E-state index is 8.64. The Morgan fingerprint density at radius 2 is 0.615 bits per heavy atom. The fraction of sp³-hybridized carbons (Fsp3) is 0. The van der Waals surface area contributed by atoms with Gasteiger partial charge in [-0.3, -0.25) is 0 Å². The van der Waals surface area contributed by atoms with E-state index in [1.807, 2.05) is 0 Å². The molecule has 0 atom stereocenters. The predicted octanol–water partition coefficient (Wildman–Crippen LogP) is -8.90. The molecule has 0 N–H and O–H groups in total. The molecule has 0 aliphatic carbocycles. The van der Waals surface area contributed by atoms with Crippen molar-refractivity contribution >= 4 is 94.7 Å². The Bertz CT molecular complexity index is 132. The van der Waals surface area contributed by atoms with Gasteiger partial charge in [0.1, 0.15) is 0 Å². The molecule has 0 aromatic heterocycles. The molecule has 0 aromatic carbocycles. The van der Waals surface area contributed by atoms with Crippen molar-refractivity contribution in [3.05, 3.63) is 0 Å². The fourth-order valence-electron chi connectivity index (χ4n) is 0. The first-order chi connectivity index (χ1) is 4.00. The van der Waals surface area contributed by atoms with Gasteiger partial charge in [-0.1, -0.05) is 0 Å². The molecule has 0 saturated heterocycles. The van der Waals surface area contributed by atoms with Gasteiger partial charge in [0.05, 0.1) is 0 Å². The molecule has 0 aliphatic rings. The van der Waals surface area contributed by atoms with Gasteiger partial charge in [-0.15, -0.1) is 0 Å². The molecular weight excluding hydrogens is 841 g/mol. The third-order valence-corrected chi connectivity index (χ3v) is 0. The summed E-state index contributed by atoms with van der Waals surface area (Å²) in [6.45, 7) is 0. The zero-order chi connectivity index (χ0) is 9.00. The first-order valence-electron chi connectivity index (χ1n) is 1.46. The standard InChI is InChI=1S/Mn.8O.2Pb.2Sb/q+2;;;6*-1;2*+2;;. The molecule has 0 saturated carbocycles. The topological polar surface area (TPSA) is 172 Å². The van der Waals surface area contributed by atoms with E-state index in [2.05, 4.69) is 0 Å². The predicted molar refractivity (Wildman–Crippen MR) is 24.4 cm³/mol. The van der Waals surface area contributed by atoms with E-state index in [1.54, 1.807) is 0 Å². The van der Waals surface area contributed by atoms with Crippen molar-refractivity contribution in [1.29, 1.82) is 0 Å². The van der Waals surface area contributed by atoms with Gasteiger partial charge in [0.15, 0.2) is 0 Å². The van der Waals surface area contributed by atoms with Crippen molar-refractivity contribution in [3.8, 4) is 0 Å². The van der Waals surface area contributed by atoms with Gasteiger partial charge in [0, 0.05) is 0 Å². The number of rotatable bonds is 0. The summed E-state index contributed by atoms with van der Waals surface area (Å²) >= 11 is -12.2. The van der Waals surface area contributed by atoms with Gasteiger partial charge in [-0.25, -0.2) is 0 Å². The smallest absolute Gasteiger partial charge is 2.00 e. The van der Waals surface area contributed by atoms with Crippen LogP contribution < -0.4 is 20.3 Å². The summed E-state index contributed by atoms with van der Waals surface area (Å²) in [5, 5.41) is 0. The van der Waals surface area contributed by atoms with Crippen molar-refractivity contribution in [2.45, 2.75) is 0 Å². The quantitative estimate of drug-likeness (QED) is 0.217. The Hall–Kier alpha value is 3.36. The Morgan fingerprint density at radius 3 is 0.615 bits per heavy atom. The zero-order valence-electron chi connectivity index (χ0n) is 5.54. The monoisotopic (exact) mass is 841 g/mol. The van der Waals surface area contributed by atoms with E-state index in [-0.39, 0.29) is 71.7 Å². The van der Waals surface area contributed by atoms with Gasteiger partial charge in [0.25, 0.3) is 0 Å². The molecule has 5 radical (unpaired) electrons. The van der Waals surface area contributed by atoms with Gasteiger partial charge in [-0.2, -0.15) is 0 Å². The van der Waals surface area contributed by atoms with Crippen LogP contribution in [0.4, 0.5) is 0 Å². The van der Waals surface area contributed by atoms with Crippen LogP contribution in [0.15, 0.2) is 0 Å². The van der Waals surface area contributed by atoms with Crippen LogP contribution in [-0.4, -0.2) is 94.7 Å². The summed E-state index contributed by atoms with van der Waals surface area (Å²) in [7, 11) is 0. The summed E-state index contributed by atoms with van der Waals surface area (Å²) < 4.78 is 69.1. The summed E-state index contributed by atoms with van der Waals surface area (Å²) in [5.41, 5.74) is 0. The molecule has 0 aromatic rings. The second-order valence-corrected chi connectivity index (χ2v) is 6.00. The third-order valence-electron chi connectivity index (χ3n) is 0. The van der Waals surface area contributed by atoms with Crippen LogP contribution in [0.3, 0.4) is 0 Å². The second kappa shape index (κ2) is 13.4. The van der Waals surface area contributed by atoms with E-state index in [4.69, 9.17) is 26.3 Å². The van der Waals surface area contributed by atoms with Crippen molar-refractivity contribution in [1.82, 2.24) is 0 Å². The number of hydrogen-bond acceptors (Lipinski definition) is 8. The normalized spacial score (nSPS) is 9.08. The van der Waals surface area contributed by atoms with Crippen LogP contribution in [0.2, 0.25) is 0 Å². The molecule has 0 heterocycles. The molecule has 0 bridgehead atoms. The first kappa shape index (κ1) is 29.9. The minimum absolute atomic E-state index is 0. The van der Waals surface area contributed by atoms with Crippen LogP contribution >= 0.6 is 0 Å². The Labute approximate surface area is 135 Å². The Kier molecular flexibility index (Phi) is 30.9. The van der Waals surface area contributed by atoms with Gasteiger partial charge < -0.3 is 0 Å². The van der Waals surface area contributed by atoms with Crippen LogP contribution in [-0.2, 0) is 23.1 Å². The molecule has 0 spiro atoms. The molecule has 0 aliphatic heterocycles. The summed E-state index contributed by atoms with van der Waals surface area (Å²) in [4.78, 5) is 0. The average Bonchev–Trinajstić information content (AvgIpc) is 1.12. The molecule has 0 fully saturated rings.